The first-order valence-electron chi connectivity index (χ1n) is 7.01. The van der Waals surface area contributed by atoms with Crippen LogP contribution in [-0.2, 0) is 9.53 Å². The van der Waals surface area contributed by atoms with Crippen LogP contribution in [0.25, 0.3) is 0 Å². The van der Waals surface area contributed by atoms with Gasteiger partial charge in [0.25, 0.3) is 0 Å². The first kappa shape index (κ1) is 17.4. The molecule has 0 heterocycles. The van der Waals surface area contributed by atoms with Crippen LogP contribution in [0.2, 0.25) is 0 Å². The summed E-state index contributed by atoms with van der Waals surface area (Å²) < 4.78 is 5.21. The average molecular weight is 257 g/mol. The lowest BCUT2D eigenvalue weighted by atomic mass is 9.99. The molecule has 0 spiro atoms. The van der Waals surface area contributed by atoms with Crippen molar-refractivity contribution in [3.05, 3.63) is 0 Å². The minimum absolute atomic E-state index is 0.0614. The molecule has 0 saturated heterocycles. The Bertz CT molecular complexity index is 236. The summed E-state index contributed by atoms with van der Waals surface area (Å²) in [7, 11) is 0. The highest BCUT2D eigenvalue weighted by atomic mass is 16.5. The molecule has 0 atom stereocenters. The fraction of sp³-hybridized carbons (Fsp3) is 0.933. The van der Waals surface area contributed by atoms with E-state index in [1.807, 2.05) is 0 Å². The van der Waals surface area contributed by atoms with Crippen molar-refractivity contribution in [3.8, 4) is 0 Å². The minimum atomic E-state index is -0.0614. The summed E-state index contributed by atoms with van der Waals surface area (Å²) >= 11 is 0. The summed E-state index contributed by atoms with van der Waals surface area (Å²) in [5.74, 6) is -0.0614. The van der Waals surface area contributed by atoms with E-state index in [0.717, 1.165) is 25.8 Å². The Kier molecular flexibility index (Phi) is 7.53. The number of hydrogen-bond donors (Lipinski definition) is 1. The summed E-state index contributed by atoms with van der Waals surface area (Å²) in [4.78, 5) is 11.4. The van der Waals surface area contributed by atoms with Gasteiger partial charge in [-0.25, -0.2) is 0 Å². The lowest BCUT2D eigenvalue weighted by Gasteiger charge is -2.20. The molecule has 0 amide bonds. The number of unbranched alkanes of at least 4 members (excludes halogenated alkanes) is 2. The Balaban J connectivity index is 3.42. The zero-order valence-corrected chi connectivity index (χ0v) is 13.1. The van der Waals surface area contributed by atoms with Crippen LogP contribution in [0.3, 0.4) is 0 Å². The summed E-state index contributed by atoms with van der Waals surface area (Å²) in [6.07, 6.45) is 3.66. The van der Waals surface area contributed by atoms with E-state index in [-0.39, 0.29) is 16.9 Å². The van der Waals surface area contributed by atoms with Gasteiger partial charge < -0.3 is 10.1 Å². The van der Waals surface area contributed by atoms with Crippen molar-refractivity contribution in [1.29, 1.82) is 0 Å². The van der Waals surface area contributed by atoms with Crippen LogP contribution in [0.1, 0.15) is 67.2 Å². The van der Waals surface area contributed by atoms with Crippen LogP contribution >= 0.6 is 0 Å². The van der Waals surface area contributed by atoms with Crippen molar-refractivity contribution >= 4 is 5.97 Å². The summed E-state index contributed by atoms with van der Waals surface area (Å²) in [6.45, 7) is 14.2. The molecule has 0 saturated carbocycles. The van der Waals surface area contributed by atoms with E-state index >= 15 is 0 Å². The number of nitrogens with one attached hydrogen (secondary N) is 1. The van der Waals surface area contributed by atoms with Gasteiger partial charge in [0.1, 0.15) is 0 Å². The van der Waals surface area contributed by atoms with E-state index in [9.17, 15) is 4.79 Å². The normalized spacial score (nSPS) is 12.6. The van der Waals surface area contributed by atoms with Crippen LogP contribution in [0.5, 0.6) is 0 Å². The molecular formula is C15H31NO2. The first-order valence-corrected chi connectivity index (χ1v) is 7.01. The first-order chi connectivity index (χ1) is 8.10. The number of hydrogen-bond acceptors (Lipinski definition) is 3. The van der Waals surface area contributed by atoms with E-state index in [0.29, 0.717) is 13.0 Å². The van der Waals surface area contributed by atoms with Crippen LogP contribution in [0, 0.1) is 5.41 Å². The predicted octanol–water partition coefficient (Wildman–Crippen LogP) is 3.52. The number of carbonyl (C=O) groups excluding carboxylic acids is 1. The van der Waals surface area contributed by atoms with Crippen LogP contribution in [0.4, 0.5) is 0 Å². The molecule has 0 aromatic rings. The lowest BCUT2D eigenvalue weighted by Crippen LogP contribution is -2.36. The molecule has 0 rings (SSSR count). The topological polar surface area (TPSA) is 38.3 Å². The number of esters is 1. The summed E-state index contributed by atoms with van der Waals surface area (Å²) in [5, 5.41) is 3.44. The average Bonchev–Trinajstić information content (AvgIpc) is 2.17. The third-order valence-corrected chi connectivity index (χ3v) is 2.38. The van der Waals surface area contributed by atoms with E-state index in [2.05, 4.69) is 46.9 Å². The second-order valence-corrected chi connectivity index (χ2v) is 7.21. The fourth-order valence-electron chi connectivity index (χ4n) is 1.40. The molecule has 3 nitrogen and oxygen atoms in total. The predicted molar refractivity (Wildman–Crippen MR) is 76.6 cm³/mol. The molecule has 0 radical (unpaired) electrons. The maximum atomic E-state index is 11.4. The highest BCUT2D eigenvalue weighted by Crippen LogP contribution is 2.13. The van der Waals surface area contributed by atoms with Crippen LogP contribution < -0.4 is 5.32 Å². The van der Waals surface area contributed by atoms with Gasteiger partial charge in [-0.1, -0.05) is 27.2 Å². The maximum absolute atomic E-state index is 11.4. The van der Waals surface area contributed by atoms with Gasteiger partial charge in [0.05, 0.1) is 6.61 Å². The van der Waals surface area contributed by atoms with Crippen molar-refractivity contribution in [2.24, 2.45) is 5.41 Å². The third kappa shape index (κ3) is 13.5. The molecule has 1 N–H and O–H groups in total. The van der Waals surface area contributed by atoms with E-state index in [1.165, 1.54) is 0 Å². The summed E-state index contributed by atoms with van der Waals surface area (Å²) in [5.41, 5.74) is 0.248. The van der Waals surface area contributed by atoms with Crippen molar-refractivity contribution in [2.45, 2.75) is 72.8 Å². The highest BCUT2D eigenvalue weighted by molar-refractivity contribution is 5.69. The molecule has 3 heteroatoms. The number of carbonyl (C=O) groups is 1. The largest absolute Gasteiger partial charge is 0.465 e. The Labute approximate surface area is 113 Å². The Morgan fingerprint density at radius 2 is 1.61 bits per heavy atom. The Morgan fingerprint density at radius 1 is 1.00 bits per heavy atom. The molecule has 0 unspecified atom stereocenters. The Hall–Kier alpha value is -0.570. The van der Waals surface area contributed by atoms with Gasteiger partial charge in [-0.2, -0.15) is 0 Å². The molecule has 0 aliphatic carbocycles. The van der Waals surface area contributed by atoms with Crippen LogP contribution in [0.15, 0.2) is 0 Å². The smallest absolute Gasteiger partial charge is 0.305 e. The van der Waals surface area contributed by atoms with Gasteiger partial charge in [-0.15, -0.1) is 0 Å². The monoisotopic (exact) mass is 257 g/mol. The molecule has 0 aromatic heterocycles. The molecule has 108 valence electrons. The minimum Gasteiger partial charge on any atom is -0.465 e. The number of rotatable bonds is 7. The zero-order chi connectivity index (χ0) is 14.2. The highest BCUT2D eigenvalue weighted by Gasteiger charge is 2.13. The van der Waals surface area contributed by atoms with Crippen LogP contribution in [-0.4, -0.2) is 24.7 Å². The standard InChI is InChI=1S/C15H31NO2/c1-14(2,3)12-18-13(17)10-8-7-9-11-16-15(4,5)6/h16H,7-12H2,1-6H3. The van der Waals surface area contributed by atoms with Gasteiger partial charge >= 0.3 is 5.97 Å². The molecule has 0 aliphatic rings. The lowest BCUT2D eigenvalue weighted by molar-refractivity contribution is -0.146. The molecule has 0 aliphatic heterocycles. The zero-order valence-electron chi connectivity index (χ0n) is 13.1. The summed E-state index contributed by atoms with van der Waals surface area (Å²) in [6, 6.07) is 0. The SMILES string of the molecule is CC(C)(C)COC(=O)CCCCCNC(C)(C)C. The van der Waals surface area contributed by atoms with Gasteiger partial charge in [-0.05, 0) is 45.6 Å². The Morgan fingerprint density at radius 3 is 2.11 bits per heavy atom. The van der Waals surface area contributed by atoms with Gasteiger partial charge in [0, 0.05) is 12.0 Å². The maximum Gasteiger partial charge on any atom is 0.305 e. The van der Waals surface area contributed by atoms with E-state index in [4.69, 9.17) is 4.74 Å². The third-order valence-electron chi connectivity index (χ3n) is 2.38. The van der Waals surface area contributed by atoms with Crippen molar-refractivity contribution < 1.29 is 9.53 Å². The van der Waals surface area contributed by atoms with Crippen molar-refractivity contribution in [1.82, 2.24) is 5.32 Å². The molecule has 18 heavy (non-hydrogen) atoms. The van der Waals surface area contributed by atoms with E-state index < -0.39 is 0 Å². The second-order valence-electron chi connectivity index (χ2n) is 7.21. The van der Waals surface area contributed by atoms with Crippen molar-refractivity contribution in [2.75, 3.05) is 13.2 Å². The quantitative estimate of drug-likeness (QED) is 0.560. The van der Waals surface area contributed by atoms with Crippen molar-refractivity contribution in [3.63, 3.8) is 0 Å². The molecule has 0 bridgehead atoms. The number of ether oxygens (including phenoxy) is 1. The second kappa shape index (κ2) is 7.78. The van der Waals surface area contributed by atoms with Gasteiger partial charge in [0.2, 0.25) is 0 Å². The molecule has 0 fully saturated rings. The molecular weight excluding hydrogens is 226 g/mol. The van der Waals surface area contributed by atoms with Gasteiger partial charge in [-0.3, -0.25) is 4.79 Å². The van der Waals surface area contributed by atoms with Gasteiger partial charge in [0.15, 0.2) is 0 Å². The van der Waals surface area contributed by atoms with E-state index in [1.54, 1.807) is 0 Å². The fourth-order valence-corrected chi connectivity index (χ4v) is 1.40. The molecule has 0 aromatic carbocycles.